The summed E-state index contributed by atoms with van der Waals surface area (Å²) in [5.41, 5.74) is 0. The third-order valence-corrected chi connectivity index (χ3v) is 0.898. The SMILES string of the molecule is CC(O)OCCCC[O]. The van der Waals surface area contributed by atoms with Gasteiger partial charge in [0.1, 0.15) is 0 Å². The Hall–Kier alpha value is -0.120. The predicted molar refractivity (Wildman–Crippen MR) is 32.4 cm³/mol. The van der Waals surface area contributed by atoms with E-state index in [0.717, 1.165) is 6.42 Å². The summed E-state index contributed by atoms with van der Waals surface area (Å²) in [5, 5.41) is 18.4. The minimum atomic E-state index is -0.698. The van der Waals surface area contributed by atoms with E-state index < -0.39 is 6.29 Å². The van der Waals surface area contributed by atoms with Crippen molar-refractivity contribution in [2.24, 2.45) is 0 Å². The molecule has 1 radical (unpaired) electrons. The van der Waals surface area contributed by atoms with Crippen molar-refractivity contribution < 1.29 is 14.9 Å². The van der Waals surface area contributed by atoms with Crippen LogP contribution in [0.25, 0.3) is 0 Å². The Bertz CT molecular complexity index is 54.3. The highest BCUT2D eigenvalue weighted by Crippen LogP contribution is 1.91. The van der Waals surface area contributed by atoms with E-state index in [1.54, 1.807) is 6.92 Å². The second-order valence-corrected chi connectivity index (χ2v) is 1.88. The van der Waals surface area contributed by atoms with Gasteiger partial charge in [-0.05, 0) is 19.8 Å². The summed E-state index contributed by atoms with van der Waals surface area (Å²) in [5.74, 6) is 0. The second kappa shape index (κ2) is 6.01. The Morgan fingerprint density at radius 2 is 2.22 bits per heavy atom. The first-order valence-electron chi connectivity index (χ1n) is 3.15. The first kappa shape index (κ1) is 8.88. The highest BCUT2D eigenvalue weighted by Gasteiger charge is 1.92. The standard InChI is InChI=1S/C6H13O3/c1-6(8)9-5-3-2-4-7/h6,8H,2-5H2,1H3. The zero-order valence-corrected chi connectivity index (χ0v) is 5.67. The quantitative estimate of drug-likeness (QED) is 0.440. The maximum Gasteiger partial charge on any atom is 0.151 e. The van der Waals surface area contributed by atoms with Gasteiger partial charge in [0, 0.05) is 6.61 Å². The number of hydrogen-bond donors (Lipinski definition) is 1. The molecule has 0 aromatic carbocycles. The van der Waals surface area contributed by atoms with Gasteiger partial charge in [0.05, 0.1) is 6.61 Å². The van der Waals surface area contributed by atoms with E-state index in [2.05, 4.69) is 0 Å². The van der Waals surface area contributed by atoms with Crippen LogP contribution in [0.1, 0.15) is 19.8 Å². The molecule has 0 spiro atoms. The minimum absolute atomic E-state index is 0.0524. The van der Waals surface area contributed by atoms with Gasteiger partial charge in [-0.25, -0.2) is 5.11 Å². The fourth-order valence-electron chi connectivity index (χ4n) is 0.458. The molecule has 0 aliphatic heterocycles. The molecule has 0 amide bonds. The van der Waals surface area contributed by atoms with Crippen molar-refractivity contribution in [1.29, 1.82) is 0 Å². The van der Waals surface area contributed by atoms with Gasteiger partial charge in [0.2, 0.25) is 0 Å². The smallest absolute Gasteiger partial charge is 0.151 e. The third-order valence-electron chi connectivity index (χ3n) is 0.898. The lowest BCUT2D eigenvalue weighted by Crippen LogP contribution is -2.07. The van der Waals surface area contributed by atoms with Crippen LogP contribution < -0.4 is 0 Å². The van der Waals surface area contributed by atoms with Crippen molar-refractivity contribution >= 4 is 0 Å². The topological polar surface area (TPSA) is 49.4 Å². The minimum Gasteiger partial charge on any atom is -0.368 e. The molecular weight excluding hydrogens is 120 g/mol. The van der Waals surface area contributed by atoms with Crippen molar-refractivity contribution in [3.63, 3.8) is 0 Å². The van der Waals surface area contributed by atoms with Crippen LogP contribution in [0.15, 0.2) is 0 Å². The number of hydrogen-bond acceptors (Lipinski definition) is 2. The van der Waals surface area contributed by atoms with Crippen molar-refractivity contribution in [3.05, 3.63) is 0 Å². The van der Waals surface area contributed by atoms with Crippen molar-refractivity contribution in [2.45, 2.75) is 26.1 Å². The van der Waals surface area contributed by atoms with Crippen LogP contribution in [0.2, 0.25) is 0 Å². The van der Waals surface area contributed by atoms with Crippen LogP contribution in [0.5, 0.6) is 0 Å². The van der Waals surface area contributed by atoms with E-state index >= 15 is 0 Å². The summed E-state index contributed by atoms with van der Waals surface area (Å²) >= 11 is 0. The molecule has 0 aromatic heterocycles. The van der Waals surface area contributed by atoms with Crippen molar-refractivity contribution in [2.75, 3.05) is 13.2 Å². The van der Waals surface area contributed by atoms with Crippen LogP contribution >= 0.6 is 0 Å². The average Bonchev–Trinajstić information content (AvgIpc) is 1.80. The Balaban J connectivity index is 2.75. The van der Waals surface area contributed by atoms with Gasteiger partial charge in [-0.1, -0.05) is 0 Å². The van der Waals surface area contributed by atoms with Gasteiger partial charge < -0.3 is 9.84 Å². The molecular formula is C6H13O3. The normalized spacial score (nSPS) is 13.7. The molecule has 0 fully saturated rings. The molecule has 1 atom stereocenters. The number of unbranched alkanes of at least 4 members (excludes halogenated alkanes) is 1. The molecule has 1 unspecified atom stereocenters. The molecule has 3 heteroatoms. The monoisotopic (exact) mass is 133 g/mol. The number of ether oxygens (including phenoxy) is 1. The third kappa shape index (κ3) is 7.88. The second-order valence-electron chi connectivity index (χ2n) is 1.88. The summed E-state index contributed by atoms with van der Waals surface area (Å²) in [4.78, 5) is 0. The first-order chi connectivity index (χ1) is 4.27. The summed E-state index contributed by atoms with van der Waals surface area (Å²) in [7, 11) is 0. The summed E-state index contributed by atoms with van der Waals surface area (Å²) in [6.07, 6.45) is 0.679. The highest BCUT2D eigenvalue weighted by molar-refractivity contribution is 4.35. The van der Waals surface area contributed by atoms with Crippen molar-refractivity contribution in [3.8, 4) is 0 Å². The molecule has 0 rings (SSSR count). The summed E-state index contributed by atoms with van der Waals surface area (Å²) in [6.45, 7) is 1.99. The van der Waals surface area contributed by atoms with E-state index in [9.17, 15) is 5.11 Å². The Morgan fingerprint density at radius 1 is 1.56 bits per heavy atom. The molecule has 9 heavy (non-hydrogen) atoms. The Kier molecular flexibility index (Phi) is 5.93. The van der Waals surface area contributed by atoms with Gasteiger partial charge in [0.25, 0.3) is 0 Å². The first-order valence-corrected chi connectivity index (χ1v) is 3.15. The van der Waals surface area contributed by atoms with Crippen LogP contribution in [0.4, 0.5) is 0 Å². The molecule has 0 aromatic rings. The van der Waals surface area contributed by atoms with Crippen LogP contribution in [-0.2, 0) is 9.84 Å². The van der Waals surface area contributed by atoms with Gasteiger partial charge >= 0.3 is 0 Å². The van der Waals surface area contributed by atoms with E-state index in [1.807, 2.05) is 0 Å². The molecule has 3 nitrogen and oxygen atoms in total. The molecule has 1 N–H and O–H groups in total. The van der Waals surface area contributed by atoms with Gasteiger partial charge in [-0.2, -0.15) is 0 Å². The largest absolute Gasteiger partial charge is 0.368 e. The fourth-order valence-corrected chi connectivity index (χ4v) is 0.458. The molecule has 0 saturated carbocycles. The number of aliphatic hydroxyl groups is 1. The van der Waals surface area contributed by atoms with E-state index in [1.165, 1.54) is 0 Å². The predicted octanol–water partition coefficient (Wildman–Crippen LogP) is 0.552. The van der Waals surface area contributed by atoms with Gasteiger partial charge in [-0.3, -0.25) is 0 Å². The summed E-state index contributed by atoms with van der Waals surface area (Å²) < 4.78 is 4.76. The lowest BCUT2D eigenvalue weighted by atomic mass is 10.3. The molecule has 55 valence electrons. The van der Waals surface area contributed by atoms with E-state index in [0.29, 0.717) is 13.0 Å². The molecule has 0 bridgehead atoms. The Morgan fingerprint density at radius 3 is 2.67 bits per heavy atom. The number of aliphatic hydroxyl groups excluding tert-OH is 1. The average molecular weight is 133 g/mol. The Labute approximate surface area is 55.3 Å². The maximum atomic E-state index is 9.86. The molecule has 0 aliphatic carbocycles. The van der Waals surface area contributed by atoms with Gasteiger partial charge in [0.15, 0.2) is 6.29 Å². The lowest BCUT2D eigenvalue weighted by Gasteiger charge is -2.03. The fraction of sp³-hybridized carbons (Fsp3) is 1.00. The van der Waals surface area contributed by atoms with Crippen LogP contribution in [0.3, 0.4) is 0 Å². The zero-order valence-electron chi connectivity index (χ0n) is 5.67. The van der Waals surface area contributed by atoms with Crippen LogP contribution in [-0.4, -0.2) is 24.6 Å². The lowest BCUT2D eigenvalue weighted by molar-refractivity contribution is -0.0866. The zero-order chi connectivity index (χ0) is 7.11. The van der Waals surface area contributed by atoms with Gasteiger partial charge in [-0.15, -0.1) is 0 Å². The summed E-state index contributed by atoms with van der Waals surface area (Å²) in [6, 6.07) is 0. The van der Waals surface area contributed by atoms with Crippen molar-refractivity contribution in [1.82, 2.24) is 0 Å². The van der Waals surface area contributed by atoms with E-state index in [4.69, 9.17) is 9.84 Å². The molecule has 0 saturated heterocycles. The van der Waals surface area contributed by atoms with Crippen LogP contribution in [0, 0.1) is 0 Å². The highest BCUT2D eigenvalue weighted by atomic mass is 16.6. The van der Waals surface area contributed by atoms with E-state index in [-0.39, 0.29) is 6.61 Å². The molecule has 0 heterocycles. The maximum absolute atomic E-state index is 9.86. The number of rotatable bonds is 5. The molecule has 0 aliphatic rings.